The Labute approximate surface area is 224 Å². The fourth-order valence-electron chi connectivity index (χ4n) is 3.67. The largest absolute Gasteiger partial charge is 0.494 e. The van der Waals surface area contributed by atoms with Crippen LogP contribution in [-0.2, 0) is 4.79 Å². The van der Waals surface area contributed by atoms with Crippen molar-refractivity contribution in [2.24, 2.45) is 5.10 Å². The summed E-state index contributed by atoms with van der Waals surface area (Å²) in [5.74, 6) is 0.107. The van der Waals surface area contributed by atoms with E-state index in [2.05, 4.69) is 10.5 Å². The van der Waals surface area contributed by atoms with Gasteiger partial charge in [0.15, 0.2) is 6.10 Å². The second kappa shape index (κ2) is 12.3. The van der Waals surface area contributed by atoms with Crippen LogP contribution in [0.5, 0.6) is 17.2 Å². The van der Waals surface area contributed by atoms with Crippen LogP contribution in [0.15, 0.2) is 90.0 Å². The van der Waals surface area contributed by atoms with Gasteiger partial charge >= 0.3 is 5.97 Å². The molecule has 0 bridgehead atoms. The molecule has 0 aliphatic heterocycles. The van der Waals surface area contributed by atoms with Gasteiger partial charge in [-0.05, 0) is 67.1 Å². The first-order chi connectivity index (χ1) is 18.9. The van der Waals surface area contributed by atoms with Crippen LogP contribution in [-0.4, -0.2) is 35.7 Å². The van der Waals surface area contributed by atoms with Crippen LogP contribution in [0.1, 0.15) is 29.8 Å². The van der Waals surface area contributed by atoms with Crippen molar-refractivity contribution in [1.29, 1.82) is 0 Å². The molecule has 0 spiro atoms. The molecule has 1 atom stereocenters. The van der Waals surface area contributed by atoms with Crippen molar-refractivity contribution >= 4 is 34.6 Å². The number of non-ortho nitro benzene ring substituents is 1. The number of nitro groups is 1. The maximum Gasteiger partial charge on any atom is 0.343 e. The first-order valence-electron chi connectivity index (χ1n) is 12.1. The number of nitrogens with one attached hydrogen (secondary N) is 1. The molecule has 1 N–H and O–H groups in total. The molecule has 0 aromatic heterocycles. The second-order valence-electron chi connectivity index (χ2n) is 8.29. The minimum Gasteiger partial charge on any atom is -0.494 e. The van der Waals surface area contributed by atoms with Crippen molar-refractivity contribution in [1.82, 2.24) is 5.43 Å². The van der Waals surface area contributed by atoms with Crippen LogP contribution in [0.25, 0.3) is 10.8 Å². The quantitative estimate of drug-likeness (QED) is 0.0976. The molecule has 0 aliphatic rings. The lowest BCUT2D eigenvalue weighted by Crippen LogP contribution is -2.33. The van der Waals surface area contributed by atoms with Crippen molar-refractivity contribution in [3.63, 3.8) is 0 Å². The van der Waals surface area contributed by atoms with Gasteiger partial charge in [0, 0.05) is 17.7 Å². The summed E-state index contributed by atoms with van der Waals surface area (Å²) in [5.41, 5.74) is 3.18. The first-order valence-corrected chi connectivity index (χ1v) is 12.1. The molecule has 4 aromatic rings. The number of hydrogen-bond acceptors (Lipinski definition) is 8. The third-order valence-electron chi connectivity index (χ3n) is 5.63. The van der Waals surface area contributed by atoms with E-state index >= 15 is 0 Å². The number of benzene rings is 4. The van der Waals surface area contributed by atoms with E-state index in [1.165, 1.54) is 37.4 Å². The van der Waals surface area contributed by atoms with Crippen LogP contribution >= 0.6 is 0 Å². The molecule has 0 saturated heterocycles. The van der Waals surface area contributed by atoms with Crippen molar-refractivity contribution in [2.75, 3.05) is 6.61 Å². The molecule has 0 saturated carbocycles. The van der Waals surface area contributed by atoms with E-state index in [0.29, 0.717) is 29.2 Å². The van der Waals surface area contributed by atoms with Crippen LogP contribution < -0.4 is 19.6 Å². The normalized spacial score (nSPS) is 11.6. The Balaban J connectivity index is 1.49. The van der Waals surface area contributed by atoms with Crippen LogP contribution in [0.4, 0.5) is 5.69 Å². The highest BCUT2D eigenvalue weighted by molar-refractivity contribution is 6.04. The summed E-state index contributed by atoms with van der Waals surface area (Å²) >= 11 is 0. The van der Waals surface area contributed by atoms with E-state index in [1.807, 2.05) is 37.3 Å². The third-order valence-corrected chi connectivity index (χ3v) is 5.63. The zero-order valence-electron chi connectivity index (χ0n) is 21.2. The molecule has 0 unspecified atom stereocenters. The highest BCUT2D eigenvalue weighted by Gasteiger charge is 2.16. The van der Waals surface area contributed by atoms with Crippen LogP contribution in [0.2, 0.25) is 0 Å². The Bertz CT molecular complexity index is 1520. The Morgan fingerprint density at radius 2 is 1.67 bits per heavy atom. The lowest BCUT2D eigenvalue weighted by Gasteiger charge is -2.13. The highest BCUT2D eigenvalue weighted by Crippen LogP contribution is 2.28. The third kappa shape index (κ3) is 6.75. The van der Waals surface area contributed by atoms with Gasteiger partial charge in [-0.25, -0.2) is 10.2 Å². The predicted molar refractivity (Wildman–Crippen MR) is 145 cm³/mol. The number of esters is 1. The minimum absolute atomic E-state index is 0.0850. The molecule has 0 radical (unpaired) electrons. The number of carbonyl (C=O) groups excluding carboxylic acids is 2. The molecule has 0 fully saturated rings. The standard InChI is InChI=1S/C29H25N3O7/c1-3-37-23-13-8-21(9-14-23)29(34)39-27-17-10-20-6-4-5-7-25(20)26(27)18-30-31-28(33)19(2)38-24-15-11-22(12-16-24)32(35)36/h4-19H,3H2,1-2H3,(H,31,33)/b30-18-/t19-/m0/s1. The fourth-order valence-corrected chi connectivity index (χ4v) is 3.67. The Kier molecular flexibility index (Phi) is 8.47. The molecule has 1 amide bonds. The molecular weight excluding hydrogens is 502 g/mol. The number of hydrazone groups is 1. The van der Waals surface area contributed by atoms with Crippen molar-refractivity contribution in [2.45, 2.75) is 20.0 Å². The maximum absolute atomic E-state index is 12.8. The van der Waals surface area contributed by atoms with E-state index in [9.17, 15) is 19.7 Å². The molecule has 4 aromatic carbocycles. The van der Waals surface area contributed by atoms with Gasteiger partial charge in [0.2, 0.25) is 0 Å². The summed E-state index contributed by atoms with van der Waals surface area (Å²) in [4.78, 5) is 35.7. The van der Waals surface area contributed by atoms with E-state index in [0.717, 1.165) is 10.8 Å². The van der Waals surface area contributed by atoms with Crippen LogP contribution in [0.3, 0.4) is 0 Å². The number of rotatable bonds is 10. The van der Waals surface area contributed by atoms with Gasteiger partial charge in [-0.3, -0.25) is 14.9 Å². The predicted octanol–water partition coefficient (Wildman–Crippen LogP) is 5.28. The smallest absolute Gasteiger partial charge is 0.343 e. The van der Waals surface area contributed by atoms with Gasteiger partial charge in [-0.2, -0.15) is 5.10 Å². The molecule has 10 heteroatoms. The highest BCUT2D eigenvalue weighted by atomic mass is 16.6. The number of carbonyl (C=O) groups is 2. The zero-order valence-corrected chi connectivity index (χ0v) is 21.2. The fraction of sp³-hybridized carbons (Fsp3) is 0.138. The van der Waals surface area contributed by atoms with Gasteiger partial charge < -0.3 is 14.2 Å². The Morgan fingerprint density at radius 3 is 2.36 bits per heavy atom. The number of hydrogen-bond donors (Lipinski definition) is 1. The minimum atomic E-state index is -0.937. The Hall–Kier alpha value is -5.25. The SMILES string of the molecule is CCOc1ccc(C(=O)Oc2ccc3ccccc3c2/C=N\NC(=O)[C@H](C)Oc2ccc([N+](=O)[O-])cc2)cc1. The summed E-state index contributed by atoms with van der Waals surface area (Å²) in [6.07, 6.45) is 0.465. The lowest BCUT2D eigenvalue weighted by molar-refractivity contribution is -0.384. The number of nitrogens with zero attached hydrogens (tertiary/aromatic N) is 2. The van der Waals surface area contributed by atoms with Gasteiger partial charge in [0.05, 0.1) is 23.3 Å². The van der Waals surface area contributed by atoms with E-state index in [1.54, 1.807) is 30.3 Å². The molecule has 10 nitrogen and oxygen atoms in total. The zero-order chi connectivity index (χ0) is 27.8. The summed E-state index contributed by atoms with van der Waals surface area (Å²) < 4.78 is 16.7. The average Bonchev–Trinajstić information content (AvgIpc) is 2.94. The number of fused-ring (bicyclic) bond motifs is 1. The van der Waals surface area contributed by atoms with E-state index < -0.39 is 22.9 Å². The number of ether oxygens (including phenoxy) is 3. The van der Waals surface area contributed by atoms with Gasteiger partial charge in [0.1, 0.15) is 17.2 Å². The van der Waals surface area contributed by atoms with Crippen LogP contribution in [0, 0.1) is 10.1 Å². The second-order valence-corrected chi connectivity index (χ2v) is 8.29. The first kappa shape index (κ1) is 26.8. The van der Waals surface area contributed by atoms with Crippen molar-refractivity contribution < 1.29 is 28.7 Å². The monoisotopic (exact) mass is 527 g/mol. The van der Waals surface area contributed by atoms with Gasteiger partial charge in [0.25, 0.3) is 11.6 Å². The van der Waals surface area contributed by atoms with E-state index in [4.69, 9.17) is 14.2 Å². The Morgan fingerprint density at radius 1 is 0.974 bits per heavy atom. The van der Waals surface area contributed by atoms with E-state index in [-0.39, 0.29) is 11.4 Å². The maximum atomic E-state index is 12.8. The summed E-state index contributed by atoms with van der Waals surface area (Å²) in [6, 6.07) is 23.0. The summed E-state index contributed by atoms with van der Waals surface area (Å²) in [5, 5.41) is 16.5. The summed E-state index contributed by atoms with van der Waals surface area (Å²) in [6.45, 7) is 3.91. The molecule has 0 heterocycles. The van der Waals surface area contributed by atoms with Crippen molar-refractivity contribution in [3.05, 3.63) is 106 Å². The molecule has 198 valence electrons. The number of amides is 1. The molecular formula is C29H25N3O7. The molecule has 0 aliphatic carbocycles. The lowest BCUT2D eigenvalue weighted by atomic mass is 10.0. The van der Waals surface area contributed by atoms with Gasteiger partial charge in [-0.1, -0.05) is 30.3 Å². The van der Waals surface area contributed by atoms with Crippen molar-refractivity contribution in [3.8, 4) is 17.2 Å². The van der Waals surface area contributed by atoms with Gasteiger partial charge in [-0.15, -0.1) is 0 Å². The topological polar surface area (TPSA) is 129 Å². The summed E-state index contributed by atoms with van der Waals surface area (Å²) in [7, 11) is 0. The number of nitro benzene ring substituents is 1. The molecule has 4 rings (SSSR count). The molecule has 39 heavy (non-hydrogen) atoms. The average molecular weight is 528 g/mol.